The largest absolute Gasteiger partial charge is 0.326 e. The van der Waals surface area contributed by atoms with Gasteiger partial charge in [0.25, 0.3) is 0 Å². The van der Waals surface area contributed by atoms with Gasteiger partial charge in [-0.1, -0.05) is 11.6 Å². The molecular formula is C12H17ClFN3O2S. The molecular weight excluding hydrogens is 305 g/mol. The third-order valence-electron chi connectivity index (χ3n) is 3.40. The number of piperazine rings is 1. The summed E-state index contributed by atoms with van der Waals surface area (Å²) in [4.78, 5) is 1.95. The van der Waals surface area contributed by atoms with Crippen LogP contribution in [0, 0.1) is 5.82 Å². The molecule has 1 aliphatic heterocycles. The average molecular weight is 322 g/mol. The van der Waals surface area contributed by atoms with Crippen LogP contribution in [-0.2, 0) is 16.6 Å². The van der Waals surface area contributed by atoms with Gasteiger partial charge in [-0.25, -0.2) is 12.8 Å². The van der Waals surface area contributed by atoms with E-state index in [2.05, 4.69) is 0 Å². The summed E-state index contributed by atoms with van der Waals surface area (Å²) < 4.78 is 40.0. The number of halogens is 2. The molecule has 1 aliphatic rings. The van der Waals surface area contributed by atoms with E-state index in [1.807, 2.05) is 11.9 Å². The molecule has 0 amide bonds. The first kappa shape index (κ1) is 15.7. The van der Waals surface area contributed by atoms with E-state index in [9.17, 15) is 12.8 Å². The second-order valence-electron chi connectivity index (χ2n) is 4.79. The van der Waals surface area contributed by atoms with Crippen molar-refractivity contribution < 1.29 is 12.8 Å². The third kappa shape index (κ3) is 2.96. The Morgan fingerprint density at radius 2 is 1.90 bits per heavy atom. The van der Waals surface area contributed by atoms with Crippen LogP contribution in [0.15, 0.2) is 17.0 Å². The first-order valence-electron chi connectivity index (χ1n) is 6.23. The number of nitrogens with zero attached hydrogens (tertiary/aromatic N) is 2. The number of benzene rings is 1. The van der Waals surface area contributed by atoms with E-state index in [4.69, 9.17) is 17.3 Å². The molecule has 2 N–H and O–H groups in total. The maximum absolute atomic E-state index is 13.7. The first-order valence-corrected chi connectivity index (χ1v) is 8.04. The molecule has 5 nitrogen and oxygen atoms in total. The van der Waals surface area contributed by atoms with E-state index in [1.54, 1.807) is 0 Å². The van der Waals surface area contributed by atoms with Gasteiger partial charge in [0, 0.05) is 32.7 Å². The molecule has 1 heterocycles. The van der Waals surface area contributed by atoms with E-state index in [0.29, 0.717) is 31.7 Å². The minimum absolute atomic E-state index is 0.0121. The molecule has 0 atom stereocenters. The van der Waals surface area contributed by atoms with Gasteiger partial charge in [-0.2, -0.15) is 4.31 Å². The predicted molar refractivity (Wildman–Crippen MR) is 75.6 cm³/mol. The van der Waals surface area contributed by atoms with Crippen molar-refractivity contribution in [1.29, 1.82) is 0 Å². The van der Waals surface area contributed by atoms with E-state index in [0.717, 1.165) is 6.07 Å². The number of sulfonamides is 1. The quantitative estimate of drug-likeness (QED) is 0.897. The van der Waals surface area contributed by atoms with Crippen molar-refractivity contribution in [3.05, 3.63) is 28.5 Å². The molecule has 1 fully saturated rings. The number of rotatable bonds is 3. The number of hydrogen-bond acceptors (Lipinski definition) is 4. The Kier molecular flexibility index (Phi) is 4.66. The normalized spacial score (nSPS) is 18.4. The average Bonchev–Trinajstić information content (AvgIpc) is 2.42. The lowest BCUT2D eigenvalue weighted by Crippen LogP contribution is -2.47. The number of nitrogens with two attached hydrogens (primary N) is 1. The van der Waals surface area contributed by atoms with Crippen molar-refractivity contribution in [2.45, 2.75) is 11.4 Å². The van der Waals surface area contributed by atoms with Crippen LogP contribution in [-0.4, -0.2) is 50.8 Å². The molecule has 0 saturated carbocycles. The van der Waals surface area contributed by atoms with Gasteiger partial charge in [-0.15, -0.1) is 0 Å². The van der Waals surface area contributed by atoms with Gasteiger partial charge in [0.1, 0.15) is 5.82 Å². The Labute approximate surface area is 123 Å². The van der Waals surface area contributed by atoms with Crippen LogP contribution in [0.25, 0.3) is 0 Å². The Morgan fingerprint density at radius 3 is 2.45 bits per heavy atom. The first-order chi connectivity index (χ1) is 9.36. The monoisotopic (exact) mass is 321 g/mol. The van der Waals surface area contributed by atoms with Gasteiger partial charge in [-0.05, 0) is 24.7 Å². The number of likely N-dealkylation sites (N-methyl/N-ethyl adjacent to an activating group) is 1. The summed E-state index contributed by atoms with van der Waals surface area (Å²) in [7, 11) is -1.78. The lowest BCUT2D eigenvalue weighted by atomic mass is 10.2. The maximum Gasteiger partial charge on any atom is 0.243 e. The molecule has 8 heteroatoms. The molecule has 1 saturated heterocycles. The van der Waals surface area contributed by atoms with Gasteiger partial charge in [-0.3, -0.25) is 0 Å². The molecule has 0 aliphatic carbocycles. The van der Waals surface area contributed by atoms with Crippen LogP contribution in [0.5, 0.6) is 0 Å². The number of hydrogen-bond donors (Lipinski definition) is 1. The van der Waals surface area contributed by atoms with Crippen molar-refractivity contribution in [2.24, 2.45) is 5.73 Å². The Morgan fingerprint density at radius 1 is 1.30 bits per heavy atom. The van der Waals surface area contributed by atoms with Gasteiger partial charge in [0.2, 0.25) is 10.0 Å². The highest BCUT2D eigenvalue weighted by atomic mass is 35.5. The summed E-state index contributed by atoms with van der Waals surface area (Å²) >= 11 is 5.75. The molecule has 2 rings (SSSR count). The van der Waals surface area contributed by atoms with E-state index < -0.39 is 15.8 Å². The SMILES string of the molecule is CN1CCN(S(=O)(=O)c2cc(F)c(Cl)c(CN)c2)CC1. The van der Waals surface area contributed by atoms with Gasteiger partial charge in [0.05, 0.1) is 9.92 Å². The van der Waals surface area contributed by atoms with Crippen LogP contribution in [0.3, 0.4) is 0 Å². The summed E-state index contributed by atoms with van der Waals surface area (Å²) in [6.07, 6.45) is 0. The lowest BCUT2D eigenvalue weighted by molar-refractivity contribution is 0.222. The van der Waals surface area contributed by atoms with E-state index in [1.165, 1.54) is 10.4 Å². The van der Waals surface area contributed by atoms with Gasteiger partial charge in [0.15, 0.2) is 0 Å². The van der Waals surface area contributed by atoms with E-state index in [-0.39, 0.29) is 16.5 Å². The van der Waals surface area contributed by atoms with Crippen molar-refractivity contribution in [3.8, 4) is 0 Å². The Balaban J connectivity index is 2.37. The summed E-state index contributed by atoms with van der Waals surface area (Å²) in [5, 5.41) is -0.121. The molecule has 0 unspecified atom stereocenters. The van der Waals surface area contributed by atoms with Crippen molar-refractivity contribution in [3.63, 3.8) is 0 Å². The summed E-state index contributed by atoms with van der Waals surface area (Å²) in [5.74, 6) is -0.762. The Bertz CT molecular complexity index is 601. The zero-order valence-corrected chi connectivity index (χ0v) is 12.7. The molecule has 1 aromatic rings. The fraction of sp³-hybridized carbons (Fsp3) is 0.500. The predicted octanol–water partition coefficient (Wildman–Crippen LogP) is 0.874. The lowest BCUT2D eigenvalue weighted by Gasteiger charge is -2.31. The highest BCUT2D eigenvalue weighted by Crippen LogP contribution is 2.26. The highest BCUT2D eigenvalue weighted by molar-refractivity contribution is 7.89. The molecule has 20 heavy (non-hydrogen) atoms. The standard InChI is InChI=1S/C12H17ClFN3O2S/c1-16-2-4-17(5-3-16)20(18,19)10-6-9(8-15)12(13)11(14)7-10/h6-7H,2-5,8,15H2,1H3. The summed E-state index contributed by atoms with van der Waals surface area (Å²) in [6, 6.07) is 2.30. The van der Waals surface area contributed by atoms with Crippen LogP contribution in [0.2, 0.25) is 5.02 Å². The fourth-order valence-corrected chi connectivity index (χ4v) is 3.77. The molecule has 1 aromatic carbocycles. The molecule has 0 bridgehead atoms. The summed E-state index contributed by atoms with van der Waals surface area (Å²) in [6.45, 7) is 2.07. The van der Waals surface area contributed by atoms with Crippen LogP contribution in [0.1, 0.15) is 5.56 Å². The minimum atomic E-state index is -3.70. The smallest absolute Gasteiger partial charge is 0.243 e. The van der Waals surface area contributed by atoms with Gasteiger partial charge >= 0.3 is 0 Å². The van der Waals surface area contributed by atoms with Crippen molar-refractivity contribution in [2.75, 3.05) is 33.2 Å². The van der Waals surface area contributed by atoms with Crippen molar-refractivity contribution >= 4 is 21.6 Å². The molecule has 0 radical (unpaired) electrons. The van der Waals surface area contributed by atoms with Gasteiger partial charge < -0.3 is 10.6 Å². The van der Waals surface area contributed by atoms with Crippen molar-refractivity contribution in [1.82, 2.24) is 9.21 Å². The zero-order valence-electron chi connectivity index (χ0n) is 11.1. The topological polar surface area (TPSA) is 66.6 Å². The van der Waals surface area contributed by atoms with Crippen LogP contribution < -0.4 is 5.73 Å². The second-order valence-corrected chi connectivity index (χ2v) is 7.11. The zero-order chi connectivity index (χ0) is 14.9. The Hall–Kier alpha value is -0.730. The molecule has 0 aromatic heterocycles. The van der Waals surface area contributed by atoms with Crippen LogP contribution in [0.4, 0.5) is 4.39 Å². The maximum atomic E-state index is 13.7. The second kappa shape index (κ2) is 5.95. The summed E-state index contributed by atoms with van der Waals surface area (Å²) in [5.41, 5.74) is 5.75. The fourth-order valence-electron chi connectivity index (χ4n) is 2.09. The van der Waals surface area contributed by atoms with E-state index >= 15 is 0 Å². The minimum Gasteiger partial charge on any atom is -0.326 e. The molecule has 112 valence electrons. The highest BCUT2D eigenvalue weighted by Gasteiger charge is 2.28. The van der Waals surface area contributed by atoms with Crippen LogP contribution >= 0.6 is 11.6 Å². The third-order valence-corrected chi connectivity index (χ3v) is 5.70. The molecule has 0 spiro atoms.